The number of nitrogens with two attached hydrogens (primary N) is 1. The maximum absolute atomic E-state index is 5.91. The van der Waals surface area contributed by atoms with E-state index in [1.165, 1.54) is 12.8 Å². The molecule has 0 saturated heterocycles. The van der Waals surface area contributed by atoms with E-state index in [1.54, 1.807) is 18.0 Å². The number of thioether (sulfide) groups is 1. The van der Waals surface area contributed by atoms with Crippen LogP contribution in [0, 0.1) is 5.92 Å². The van der Waals surface area contributed by atoms with Crippen molar-refractivity contribution >= 4 is 29.3 Å². The number of hydrogen-bond acceptors (Lipinski definition) is 10. The fourth-order valence-corrected chi connectivity index (χ4v) is 3.94. The lowest BCUT2D eigenvalue weighted by Crippen LogP contribution is -2.15. The molecule has 156 valence electrons. The van der Waals surface area contributed by atoms with Gasteiger partial charge in [-0.3, -0.25) is 0 Å². The fourth-order valence-electron chi connectivity index (χ4n) is 2.91. The summed E-state index contributed by atoms with van der Waals surface area (Å²) in [5.41, 5.74) is 7.56. The minimum Gasteiger partial charge on any atom is -0.368 e. The molecule has 1 aliphatic rings. The third-order valence-corrected chi connectivity index (χ3v) is 6.03. The molecule has 3 aromatic heterocycles. The maximum Gasteiger partial charge on any atom is 0.259 e. The quantitative estimate of drug-likeness (QED) is 0.431. The van der Waals surface area contributed by atoms with Crippen molar-refractivity contribution in [1.82, 2.24) is 30.1 Å². The Balaban J connectivity index is 1.37. The first-order valence-corrected chi connectivity index (χ1v) is 10.9. The van der Waals surface area contributed by atoms with Crippen LogP contribution in [0.25, 0.3) is 23.1 Å². The van der Waals surface area contributed by atoms with Gasteiger partial charge in [-0.1, -0.05) is 23.4 Å². The van der Waals surface area contributed by atoms with Crippen molar-refractivity contribution in [2.45, 2.75) is 17.9 Å². The highest BCUT2D eigenvalue weighted by Crippen LogP contribution is 2.34. The number of pyridine rings is 1. The highest BCUT2D eigenvalue weighted by Gasteiger charge is 2.21. The molecule has 1 aromatic carbocycles. The Kier molecular flexibility index (Phi) is 5.21. The Morgan fingerprint density at radius 1 is 1.03 bits per heavy atom. The van der Waals surface area contributed by atoms with Gasteiger partial charge in [-0.15, -0.1) is 11.8 Å². The van der Waals surface area contributed by atoms with Crippen LogP contribution in [0.4, 0.5) is 17.6 Å². The molecule has 5 rings (SSSR count). The zero-order chi connectivity index (χ0) is 21.2. The molecule has 0 atom stereocenters. The van der Waals surface area contributed by atoms with E-state index in [2.05, 4.69) is 30.1 Å². The molecule has 3 heterocycles. The smallest absolute Gasteiger partial charge is 0.259 e. The normalized spacial score (nSPS) is 13.3. The van der Waals surface area contributed by atoms with Crippen LogP contribution >= 0.6 is 11.8 Å². The first-order chi connectivity index (χ1) is 15.2. The summed E-state index contributed by atoms with van der Waals surface area (Å²) in [5, 5.41) is 5.02. The van der Waals surface area contributed by atoms with Gasteiger partial charge in [-0.2, -0.15) is 19.9 Å². The van der Waals surface area contributed by atoms with E-state index in [-0.39, 0.29) is 17.6 Å². The monoisotopic (exact) mass is 432 g/mol. The van der Waals surface area contributed by atoms with E-state index in [0.29, 0.717) is 11.8 Å². The number of rotatable bonds is 7. The molecular formula is C21H20N8OS. The topological polar surface area (TPSA) is 120 Å². The van der Waals surface area contributed by atoms with Gasteiger partial charge in [0.25, 0.3) is 5.89 Å². The van der Waals surface area contributed by atoms with E-state index in [9.17, 15) is 0 Å². The number of aromatic nitrogens is 6. The van der Waals surface area contributed by atoms with Gasteiger partial charge < -0.3 is 15.2 Å². The van der Waals surface area contributed by atoms with E-state index in [0.717, 1.165) is 27.9 Å². The molecule has 4 aromatic rings. The number of nitrogens with zero attached hydrogens (tertiary/aromatic N) is 7. The van der Waals surface area contributed by atoms with Gasteiger partial charge in [0.2, 0.25) is 23.5 Å². The van der Waals surface area contributed by atoms with Crippen molar-refractivity contribution in [3.63, 3.8) is 0 Å². The molecule has 9 nitrogen and oxygen atoms in total. The third-order valence-electron chi connectivity index (χ3n) is 4.86. The molecule has 31 heavy (non-hydrogen) atoms. The Morgan fingerprint density at radius 3 is 2.61 bits per heavy atom. The van der Waals surface area contributed by atoms with Crippen LogP contribution in [0.3, 0.4) is 0 Å². The number of anilines is 3. The van der Waals surface area contributed by atoms with Crippen molar-refractivity contribution in [1.29, 1.82) is 0 Å². The Labute approximate surface area is 183 Å². The average molecular weight is 433 g/mol. The zero-order valence-electron chi connectivity index (χ0n) is 16.8. The number of para-hydroxylation sites is 1. The molecular weight excluding hydrogens is 412 g/mol. The lowest BCUT2D eigenvalue weighted by Gasteiger charge is -2.17. The average Bonchev–Trinajstić information content (AvgIpc) is 3.51. The van der Waals surface area contributed by atoms with Gasteiger partial charge in [0.15, 0.2) is 0 Å². The first-order valence-electron chi connectivity index (χ1n) is 9.89. The number of benzene rings is 1. The van der Waals surface area contributed by atoms with Crippen LogP contribution in [0.15, 0.2) is 58.2 Å². The lowest BCUT2D eigenvalue weighted by molar-refractivity contribution is 0.431. The molecule has 1 aliphatic carbocycles. The van der Waals surface area contributed by atoms with E-state index in [4.69, 9.17) is 10.3 Å². The molecule has 0 spiro atoms. The molecule has 10 heteroatoms. The summed E-state index contributed by atoms with van der Waals surface area (Å²) in [4.78, 5) is 23.6. The predicted molar refractivity (Wildman–Crippen MR) is 119 cm³/mol. The van der Waals surface area contributed by atoms with Crippen LogP contribution in [0.1, 0.15) is 12.8 Å². The summed E-state index contributed by atoms with van der Waals surface area (Å²) in [6, 6.07) is 13.6. The SMILES string of the molecule is CN(c1ccccc1)c1nc(N)nc(-c2noc(-c3ccc(SCC4CC4)nc3)n2)n1. The molecule has 0 bridgehead atoms. The Morgan fingerprint density at radius 2 is 1.87 bits per heavy atom. The first kappa shape index (κ1) is 19.4. The van der Waals surface area contributed by atoms with E-state index >= 15 is 0 Å². The van der Waals surface area contributed by atoms with Gasteiger partial charge >= 0.3 is 0 Å². The van der Waals surface area contributed by atoms with Crippen LogP contribution in [-0.2, 0) is 0 Å². The van der Waals surface area contributed by atoms with E-state index in [1.807, 2.05) is 54.4 Å². The zero-order valence-corrected chi connectivity index (χ0v) is 17.7. The highest BCUT2D eigenvalue weighted by atomic mass is 32.2. The highest BCUT2D eigenvalue weighted by molar-refractivity contribution is 7.99. The van der Waals surface area contributed by atoms with Crippen LogP contribution in [-0.4, -0.2) is 42.9 Å². The Hall–Kier alpha value is -3.53. The summed E-state index contributed by atoms with van der Waals surface area (Å²) in [7, 11) is 1.85. The predicted octanol–water partition coefficient (Wildman–Crippen LogP) is 3.84. The largest absolute Gasteiger partial charge is 0.368 e. The van der Waals surface area contributed by atoms with Crippen LogP contribution < -0.4 is 10.6 Å². The standard InChI is InChI=1S/C21H20N8OS/c1-29(15-5-3-2-4-6-15)21-26-17(25-20(22)27-21)18-24-19(30-28-18)14-9-10-16(23-11-14)31-12-13-7-8-13/h2-6,9-11,13H,7-8,12H2,1H3,(H2,22,25,26,27). The van der Waals surface area contributed by atoms with Crippen molar-refractivity contribution < 1.29 is 4.52 Å². The summed E-state index contributed by atoms with van der Waals surface area (Å²) in [6.45, 7) is 0. The lowest BCUT2D eigenvalue weighted by atomic mass is 10.3. The molecule has 0 amide bonds. The summed E-state index contributed by atoms with van der Waals surface area (Å²) in [5.74, 6) is 3.26. The van der Waals surface area contributed by atoms with Gasteiger partial charge in [-0.05, 0) is 43.0 Å². The molecule has 2 N–H and O–H groups in total. The molecule has 1 saturated carbocycles. The van der Waals surface area contributed by atoms with Gasteiger partial charge in [-0.25, -0.2) is 4.98 Å². The maximum atomic E-state index is 5.91. The van der Waals surface area contributed by atoms with E-state index < -0.39 is 0 Å². The summed E-state index contributed by atoms with van der Waals surface area (Å²) < 4.78 is 5.42. The summed E-state index contributed by atoms with van der Waals surface area (Å²) >= 11 is 1.78. The van der Waals surface area contributed by atoms with Crippen molar-refractivity contribution in [2.75, 3.05) is 23.4 Å². The minimum atomic E-state index is 0.0767. The third kappa shape index (κ3) is 4.48. The molecule has 0 unspecified atom stereocenters. The molecule has 0 radical (unpaired) electrons. The van der Waals surface area contributed by atoms with Gasteiger partial charge in [0.1, 0.15) is 0 Å². The van der Waals surface area contributed by atoms with Crippen molar-refractivity contribution in [3.8, 4) is 23.1 Å². The minimum absolute atomic E-state index is 0.0767. The number of nitrogen functional groups attached to an aromatic ring is 1. The number of hydrogen-bond donors (Lipinski definition) is 1. The van der Waals surface area contributed by atoms with Crippen LogP contribution in [0.5, 0.6) is 0 Å². The van der Waals surface area contributed by atoms with Gasteiger partial charge in [0, 0.05) is 24.7 Å². The molecule has 1 fully saturated rings. The Bertz CT molecular complexity index is 1180. The second-order valence-electron chi connectivity index (χ2n) is 7.27. The fraction of sp³-hybridized carbons (Fsp3) is 0.238. The molecule has 0 aliphatic heterocycles. The van der Waals surface area contributed by atoms with Crippen molar-refractivity contribution in [2.24, 2.45) is 5.92 Å². The summed E-state index contributed by atoms with van der Waals surface area (Å²) in [6.07, 6.45) is 4.41. The van der Waals surface area contributed by atoms with Crippen LogP contribution in [0.2, 0.25) is 0 Å². The van der Waals surface area contributed by atoms with Crippen molar-refractivity contribution in [3.05, 3.63) is 48.7 Å². The van der Waals surface area contributed by atoms with Gasteiger partial charge in [0.05, 0.1) is 10.6 Å². The second kappa shape index (κ2) is 8.31. The second-order valence-corrected chi connectivity index (χ2v) is 8.31.